The molecule has 7 heteroatoms. The lowest BCUT2D eigenvalue weighted by molar-refractivity contribution is 0.0954. The van der Waals surface area contributed by atoms with Gasteiger partial charge in [-0.05, 0) is 55.1 Å². The van der Waals surface area contributed by atoms with E-state index in [1.165, 1.54) is 18.4 Å². The van der Waals surface area contributed by atoms with Crippen molar-refractivity contribution in [2.24, 2.45) is 0 Å². The summed E-state index contributed by atoms with van der Waals surface area (Å²) in [5.74, 6) is 1.83. The van der Waals surface area contributed by atoms with Gasteiger partial charge in [-0.2, -0.15) is 5.10 Å². The zero-order valence-corrected chi connectivity index (χ0v) is 15.7. The average Bonchev–Trinajstić information content (AvgIpc) is 3.24. The quantitative estimate of drug-likeness (QED) is 0.614. The number of pyridine rings is 1. The Hall–Kier alpha value is -3.06. The van der Waals surface area contributed by atoms with E-state index < -0.39 is 0 Å². The van der Waals surface area contributed by atoms with Crippen LogP contribution in [0.5, 0.6) is 0 Å². The van der Waals surface area contributed by atoms with Crippen LogP contribution in [-0.2, 0) is 6.42 Å². The first-order valence-corrected chi connectivity index (χ1v) is 9.70. The van der Waals surface area contributed by atoms with Crippen molar-refractivity contribution < 1.29 is 4.79 Å². The summed E-state index contributed by atoms with van der Waals surface area (Å²) in [5, 5.41) is 13.5. The van der Waals surface area contributed by atoms with Gasteiger partial charge in [-0.3, -0.25) is 14.9 Å². The lowest BCUT2D eigenvalue weighted by atomic mass is 9.91. The molecule has 2 aromatic heterocycles. The van der Waals surface area contributed by atoms with Gasteiger partial charge in [-0.15, -0.1) is 0 Å². The largest absolute Gasteiger partial charge is 0.352 e. The fraction of sp³-hybridized carbons (Fsp3) is 0.333. The fourth-order valence-corrected chi connectivity index (χ4v) is 3.47. The smallest absolute Gasteiger partial charge is 0.251 e. The van der Waals surface area contributed by atoms with Crippen molar-refractivity contribution in [3.8, 4) is 11.4 Å². The molecule has 3 heterocycles. The highest BCUT2D eigenvalue weighted by Crippen LogP contribution is 2.23. The van der Waals surface area contributed by atoms with E-state index in [0.29, 0.717) is 30.3 Å². The summed E-state index contributed by atoms with van der Waals surface area (Å²) in [7, 11) is 0. The summed E-state index contributed by atoms with van der Waals surface area (Å²) >= 11 is 0. The molecule has 0 unspecified atom stereocenters. The molecule has 0 radical (unpaired) electrons. The Bertz CT molecular complexity index is 900. The highest BCUT2D eigenvalue weighted by molar-refractivity contribution is 5.94. The molecule has 1 aliphatic rings. The van der Waals surface area contributed by atoms with Gasteiger partial charge in [0, 0.05) is 43.0 Å². The average molecular weight is 376 g/mol. The molecule has 144 valence electrons. The predicted octanol–water partition coefficient (Wildman–Crippen LogP) is 2.31. The molecule has 0 bridgehead atoms. The molecular weight excluding hydrogens is 352 g/mol. The van der Waals surface area contributed by atoms with Crippen molar-refractivity contribution >= 4 is 5.91 Å². The molecule has 1 fully saturated rings. The number of carbonyl (C=O) groups excluding carboxylic acids is 1. The maximum Gasteiger partial charge on any atom is 0.251 e. The van der Waals surface area contributed by atoms with E-state index in [9.17, 15) is 4.79 Å². The Morgan fingerprint density at radius 2 is 2.11 bits per heavy atom. The summed E-state index contributed by atoms with van der Waals surface area (Å²) in [6.07, 6.45) is 6.44. The number of benzene rings is 1. The van der Waals surface area contributed by atoms with Crippen LogP contribution in [0, 0.1) is 0 Å². The molecule has 1 aliphatic heterocycles. The first-order valence-electron chi connectivity index (χ1n) is 9.70. The van der Waals surface area contributed by atoms with E-state index in [-0.39, 0.29) is 5.91 Å². The molecule has 0 aliphatic carbocycles. The number of piperidine rings is 1. The predicted molar refractivity (Wildman–Crippen MR) is 107 cm³/mol. The third kappa shape index (κ3) is 4.43. The fourth-order valence-electron chi connectivity index (χ4n) is 3.47. The van der Waals surface area contributed by atoms with Gasteiger partial charge in [-0.25, -0.2) is 4.98 Å². The first kappa shape index (κ1) is 18.3. The Labute approximate surface area is 164 Å². The second-order valence-electron chi connectivity index (χ2n) is 7.02. The molecule has 1 aromatic carbocycles. The number of rotatable bonds is 6. The van der Waals surface area contributed by atoms with Crippen LogP contribution in [-0.4, -0.2) is 45.7 Å². The van der Waals surface area contributed by atoms with Crippen molar-refractivity contribution in [3.63, 3.8) is 0 Å². The van der Waals surface area contributed by atoms with Gasteiger partial charge in [0.15, 0.2) is 5.82 Å². The minimum atomic E-state index is -0.0692. The van der Waals surface area contributed by atoms with E-state index >= 15 is 0 Å². The lowest BCUT2D eigenvalue weighted by Crippen LogP contribution is -2.28. The first-order chi connectivity index (χ1) is 13.8. The van der Waals surface area contributed by atoms with Crippen molar-refractivity contribution in [1.29, 1.82) is 0 Å². The monoisotopic (exact) mass is 376 g/mol. The number of H-pyrrole nitrogens is 1. The molecule has 1 amide bonds. The number of hydrogen-bond acceptors (Lipinski definition) is 5. The normalized spacial score (nSPS) is 16.6. The van der Waals surface area contributed by atoms with Crippen molar-refractivity contribution in [1.82, 2.24) is 30.8 Å². The number of nitrogens with one attached hydrogen (secondary N) is 3. The van der Waals surface area contributed by atoms with Gasteiger partial charge in [0.1, 0.15) is 5.82 Å². The van der Waals surface area contributed by atoms with Crippen LogP contribution in [0.3, 0.4) is 0 Å². The molecule has 1 atom stereocenters. The topological polar surface area (TPSA) is 95.6 Å². The Kier molecular flexibility index (Phi) is 5.72. The van der Waals surface area contributed by atoms with Gasteiger partial charge in [0.25, 0.3) is 5.91 Å². The minimum Gasteiger partial charge on any atom is -0.352 e. The second kappa shape index (κ2) is 8.75. The number of amides is 1. The van der Waals surface area contributed by atoms with Crippen LogP contribution in [0.25, 0.3) is 11.4 Å². The van der Waals surface area contributed by atoms with E-state index in [1.807, 2.05) is 24.3 Å². The van der Waals surface area contributed by atoms with Crippen LogP contribution in [0.1, 0.15) is 40.5 Å². The number of nitrogens with zero attached hydrogens (tertiary/aromatic N) is 3. The summed E-state index contributed by atoms with van der Waals surface area (Å²) in [6, 6.07) is 11.7. The van der Waals surface area contributed by atoms with Crippen LogP contribution in [0.2, 0.25) is 0 Å². The van der Waals surface area contributed by atoms with Gasteiger partial charge >= 0.3 is 0 Å². The molecule has 28 heavy (non-hydrogen) atoms. The van der Waals surface area contributed by atoms with Gasteiger partial charge in [0.05, 0.1) is 0 Å². The number of aromatic nitrogens is 4. The van der Waals surface area contributed by atoms with Crippen LogP contribution in [0.15, 0.2) is 48.8 Å². The SMILES string of the molecule is O=C(NCCc1nc(-c2cccnc2)n[nH]1)c1ccc([C@@H]2CCCNC2)cc1. The van der Waals surface area contributed by atoms with E-state index in [0.717, 1.165) is 24.5 Å². The second-order valence-corrected chi connectivity index (χ2v) is 7.02. The van der Waals surface area contributed by atoms with Gasteiger partial charge in [0.2, 0.25) is 0 Å². The maximum atomic E-state index is 12.4. The number of carbonyl (C=O) groups is 1. The summed E-state index contributed by atoms with van der Waals surface area (Å²) < 4.78 is 0. The van der Waals surface area contributed by atoms with Crippen molar-refractivity contribution in [3.05, 3.63) is 65.7 Å². The van der Waals surface area contributed by atoms with Crippen molar-refractivity contribution in [2.45, 2.75) is 25.2 Å². The van der Waals surface area contributed by atoms with E-state index in [1.54, 1.807) is 12.4 Å². The summed E-state index contributed by atoms with van der Waals surface area (Å²) in [5.41, 5.74) is 2.84. The third-order valence-electron chi connectivity index (χ3n) is 5.04. The molecule has 3 aromatic rings. The van der Waals surface area contributed by atoms with E-state index in [4.69, 9.17) is 0 Å². The Morgan fingerprint density at radius 1 is 1.21 bits per heavy atom. The molecule has 1 saturated heterocycles. The summed E-state index contributed by atoms with van der Waals surface area (Å²) in [4.78, 5) is 20.9. The van der Waals surface area contributed by atoms with Gasteiger partial charge in [-0.1, -0.05) is 12.1 Å². The zero-order chi connectivity index (χ0) is 19.2. The third-order valence-corrected chi connectivity index (χ3v) is 5.04. The highest BCUT2D eigenvalue weighted by atomic mass is 16.1. The molecule has 0 saturated carbocycles. The maximum absolute atomic E-state index is 12.4. The van der Waals surface area contributed by atoms with Crippen LogP contribution in [0.4, 0.5) is 0 Å². The molecule has 0 spiro atoms. The van der Waals surface area contributed by atoms with E-state index in [2.05, 4.69) is 42.9 Å². The standard InChI is InChI=1S/C21H24N6O/c28-21(16-7-5-15(6-8-16)17-3-1-10-22-13-17)24-12-9-19-25-20(27-26-19)18-4-2-11-23-14-18/h2,4-8,11,14,17,22H,1,3,9-10,12-13H2,(H,24,28)(H,25,26,27)/t17-/m1/s1. The van der Waals surface area contributed by atoms with Gasteiger partial charge < -0.3 is 10.6 Å². The minimum absolute atomic E-state index is 0.0692. The van der Waals surface area contributed by atoms with Crippen molar-refractivity contribution in [2.75, 3.05) is 19.6 Å². The lowest BCUT2D eigenvalue weighted by Gasteiger charge is -2.23. The Morgan fingerprint density at radius 3 is 2.86 bits per heavy atom. The molecule has 4 rings (SSSR count). The Balaban J connectivity index is 1.28. The number of hydrogen-bond donors (Lipinski definition) is 3. The molecule has 7 nitrogen and oxygen atoms in total. The number of aromatic amines is 1. The molecular formula is C21H24N6O. The molecule has 3 N–H and O–H groups in total. The zero-order valence-electron chi connectivity index (χ0n) is 15.7. The van der Waals surface area contributed by atoms with Crippen LogP contribution < -0.4 is 10.6 Å². The van der Waals surface area contributed by atoms with Crippen LogP contribution >= 0.6 is 0 Å². The highest BCUT2D eigenvalue weighted by Gasteiger charge is 2.15. The summed E-state index contributed by atoms with van der Waals surface area (Å²) in [6.45, 7) is 2.62.